The topological polar surface area (TPSA) is 60.9 Å². The molecule has 0 spiro atoms. The molecular formula is C14H14BrN3O. The zero-order chi connectivity index (χ0) is 13.4. The Morgan fingerprint density at radius 1 is 1.37 bits per heavy atom. The van der Waals surface area contributed by atoms with Gasteiger partial charge in [0.25, 0.3) is 0 Å². The molecule has 19 heavy (non-hydrogen) atoms. The summed E-state index contributed by atoms with van der Waals surface area (Å²) in [4.78, 5) is 11.5. The van der Waals surface area contributed by atoms with Gasteiger partial charge in [-0.15, -0.1) is 0 Å². The summed E-state index contributed by atoms with van der Waals surface area (Å²) in [7, 11) is 0. The summed E-state index contributed by atoms with van der Waals surface area (Å²) in [5, 5.41) is 4.40. The van der Waals surface area contributed by atoms with Crippen LogP contribution in [0.5, 0.6) is 0 Å². The second kappa shape index (κ2) is 4.90. The smallest absolute Gasteiger partial charge is 0.176 e. The molecule has 0 radical (unpaired) electrons. The third kappa shape index (κ3) is 2.35. The molecule has 1 aliphatic carbocycles. The van der Waals surface area contributed by atoms with Crippen LogP contribution in [0.2, 0.25) is 0 Å². The Bertz CT molecular complexity index is 614. The van der Waals surface area contributed by atoms with Gasteiger partial charge in [0.2, 0.25) is 0 Å². The van der Waals surface area contributed by atoms with Gasteiger partial charge >= 0.3 is 0 Å². The van der Waals surface area contributed by atoms with E-state index in [1.165, 1.54) is 18.5 Å². The zero-order valence-electron chi connectivity index (χ0n) is 10.3. The highest BCUT2D eigenvalue weighted by Crippen LogP contribution is 2.43. The van der Waals surface area contributed by atoms with E-state index < -0.39 is 0 Å². The maximum atomic E-state index is 11.5. The Morgan fingerprint density at radius 3 is 2.63 bits per heavy atom. The summed E-state index contributed by atoms with van der Waals surface area (Å²) in [6.07, 6.45) is 4.26. The number of hydrogen-bond acceptors (Lipinski definition) is 3. The van der Waals surface area contributed by atoms with Gasteiger partial charge in [0.1, 0.15) is 0 Å². The quantitative estimate of drug-likeness (QED) is 0.881. The molecule has 98 valence electrons. The number of aromatic nitrogens is 2. The van der Waals surface area contributed by atoms with Crippen LogP contribution in [-0.2, 0) is 0 Å². The number of halogens is 1. The molecule has 0 saturated heterocycles. The van der Waals surface area contributed by atoms with Gasteiger partial charge in [-0.1, -0.05) is 0 Å². The van der Waals surface area contributed by atoms with E-state index in [2.05, 4.69) is 21.0 Å². The van der Waals surface area contributed by atoms with Gasteiger partial charge in [-0.05, 0) is 53.0 Å². The summed E-state index contributed by atoms with van der Waals surface area (Å²) in [6, 6.07) is 7.43. The van der Waals surface area contributed by atoms with Crippen molar-refractivity contribution in [1.29, 1.82) is 0 Å². The number of ketones is 1. The van der Waals surface area contributed by atoms with Crippen LogP contribution in [0.1, 0.15) is 34.8 Å². The summed E-state index contributed by atoms with van der Waals surface area (Å²) < 4.78 is 3.00. The van der Waals surface area contributed by atoms with Gasteiger partial charge in [-0.2, -0.15) is 5.10 Å². The molecule has 1 saturated carbocycles. The van der Waals surface area contributed by atoms with Gasteiger partial charge in [-0.25, -0.2) is 4.68 Å². The highest BCUT2D eigenvalue weighted by molar-refractivity contribution is 9.10. The molecule has 1 aromatic heterocycles. The van der Waals surface area contributed by atoms with E-state index >= 15 is 0 Å². The lowest BCUT2D eigenvalue weighted by Gasteiger charge is -2.08. The normalized spacial score (nSPS) is 14.6. The molecule has 0 unspecified atom stereocenters. The molecule has 4 nitrogen and oxygen atoms in total. The van der Waals surface area contributed by atoms with Crippen molar-refractivity contribution in [2.24, 2.45) is 5.73 Å². The molecule has 0 amide bonds. The molecule has 2 N–H and O–H groups in total. The highest BCUT2D eigenvalue weighted by atomic mass is 79.9. The van der Waals surface area contributed by atoms with Crippen LogP contribution in [0.25, 0.3) is 5.69 Å². The first kappa shape index (κ1) is 12.6. The number of nitrogens with two attached hydrogens (primary N) is 1. The van der Waals surface area contributed by atoms with Crippen molar-refractivity contribution in [2.75, 3.05) is 6.54 Å². The number of hydrogen-bond donors (Lipinski definition) is 1. The van der Waals surface area contributed by atoms with Crippen LogP contribution < -0.4 is 5.73 Å². The highest BCUT2D eigenvalue weighted by Gasteiger charge is 2.30. The maximum Gasteiger partial charge on any atom is 0.176 e. The van der Waals surface area contributed by atoms with Crippen LogP contribution in [0.15, 0.2) is 34.9 Å². The van der Waals surface area contributed by atoms with Crippen LogP contribution in [-0.4, -0.2) is 22.1 Å². The van der Waals surface area contributed by atoms with E-state index in [1.807, 2.05) is 23.0 Å². The minimum absolute atomic E-state index is 0.0417. The number of rotatable bonds is 4. The fourth-order valence-corrected chi connectivity index (χ4v) is 2.76. The monoisotopic (exact) mass is 319 g/mol. The molecular weight excluding hydrogens is 306 g/mol. The predicted molar refractivity (Wildman–Crippen MR) is 76.6 cm³/mol. The minimum Gasteiger partial charge on any atom is -0.324 e. The van der Waals surface area contributed by atoms with Gasteiger partial charge in [0.15, 0.2) is 5.78 Å². The first-order valence-corrected chi connectivity index (χ1v) is 7.07. The van der Waals surface area contributed by atoms with Crippen molar-refractivity contribution in [2.45, 2.75) is 18.8 Å². The standard InChI is InChI=1S/C14H14BrN3O/c15-12-8-17-18(14(12)10-1-2-10)11-5-3-9(4-6-11)13(19)7-16/h3-6,8,10H,1-2,7,16H2. The van der Waals surface area contributed by atoms with Crippen molar-refractivity contribution in [3.05, 3.63) is 46.2 Å². The van der Waals surface area contributed by atoms with Crippen molar-refractivity contribution < 1.29 is 4.79 Å². The predicted octanol–water partition coefficient (Wildman–Crippen LogP) is 2.65. The lowest BCUT2D eigenvalue weighted by molar-refractivity contribution is 0.100. The average Bonchev–Trinajstić information content (AvgIpc) is 3.21. The SMILES string of the molecule is NCC(=O)c1ccc(-n2ncc(Br)c2C2CC2)cc1. The van der Waals surface area contributed by atoms with E-state index in [9.17, 15) is 4.79 Å². The molecule has 1 aliphatic rings. The van der Waals surface area contributed by atoms with Gasteiger partial charge in [-0.3, -0.25) is 4.79 Å². The van der Waals surface area contributed by atoms with E-state index in [4.69, 9.17) is 5.73 Å². The zero-order valence-corrected chi connectivity index (χ0v) is 11.9. The Hall–Kier alpha value is -1.46. The second-order valence-corrected chi connectivity index (χ2v) is 5.59. The third-order valence-corrected chi connectivity index (χ3v) is 3.95. The van der Waals surface area contributed by atoms with Gasteiger partial charge in [0, 0.05) is 11.5 Å². The number of carbonyl (C=O) groups is 1. The molecule has 1 fully saturated rings. The number of nitrogens with zero attached hydrogens (tertiary/aromatic N) is 2. The number of carbonyl (C=O) groups excluding carboxylic acids is 1. The molecule has 5 heteroatoms. The Kier molecular flexibility index (Phi) is 3.24. The first-order chi connectivity index (χ1) is 9.20. The van der Waals surface area contributed by atoms with Crippen LogP contribution in [0.3, 0.4) is 0 Å². The lowest BCUT2D eigenvalue weighted by atomic mass is 10.1. The molecule has 1 heterocycles. The molecule has 0 atom stereocenters. The number of benzene rings is 1. The summed E-state index contributed by atoms with van der Waals surface area (Å²) in [5.74, 6) is 0.554. The molecule has 2 aromatic rings. The molecule has 3 rings (SSSR count). The number of Topliss-reactive ketones (excluding diaryl/α,β-unsaturated/α-hetero) is 1. The van der Waals surface area contributed by atoms with Crippen molar-refractivity contribution in [3.63, 3.8) is 0 Å². The van der Waals surface area contributed by atoms with Crippen LogP contribution >= 0.6 is 15.9 Å². The van der Waals surface area contributed by atoms with Crippen molar-refractivity contribution in [1.82, 2.24) is 9.78 Å². The van der Waals surface area contributed by atoms with Crippen LogP contribution in [0.4, 0.5) is 0 Å². The summed E-state index contributed by atoms with van der Waals surface area (Å²) >= 11 is 3.55. The van der Waals surface area contributed by atoms with Gasteiger partial charge < -0.3 is 5.73 Å². The minimum atomic E-state index is -0.0457. The van der Waals surface area contributed by atoms with Crippen molar-refractivity contribution >= 4 is 21.7 Å². The average molecular weight is 320 g/mol. The third-order valence-electron chi connectivity index (χ3n) is 3.34. The molecule has 0 bridgehead atoms. The van der Waals surface area contributed by atoms with Gasteiger partial charge in [0.05, 0.1) is 28.6 Å². The molecule has 1 aromatic carbocycles. The van der Waals surface area contributed by atoms with E-state index in [0.717, 1.165) is 10.2 Å². The van der Waals surface area contributed by atoms with Crippen molar-refractivity contribution in [3.8, 4) is 5.69 Å². The Labute approximate surface area is 119 Å². The van der Waals surface area contributed by atoms with E-state index in [-0.39, 0.29) is 12.3 Å². The van der Waals surface area contributed by atoms with E-state index in [1.54, 1.807) is 12.1 Å². The summed E-state index contributed by atoms with van der Waals surface area (Å²) in [6.45, 7) is 0.0417. The Morgan fingerprint density at radius 2 is 2.05 bits per heavy atom. The summed E-state index contributed by atoms with van der Waals surface area (Å²) in [5.41, 5.74) is 8.19. The fraction of sp³-hybridized carbons (Fsp3) is 0.286. The second-order valence-electron chi connectivity index (χ2n) is 4.74. The van der Waals surface area contributed by atoms with E-state index in [0.29, 0.717) is 11.5 Å². The first-order valence-electron chi connectivity index (χ1n) is 6.28. The largest absolute Gasteiger partial charge is 0.324 e. The lowest BCUT2D eigenvalue weighted by Crippen LogP contribution is -2.13. The Balaban J connectivity index is 1.96. The fourth-order valence-electron chi connectivity index (χ4n) is 2.17. The van der Waals surface area contributed by atoms with Crippen LogP contribution in [0, 0.1) is 0 Å². The molecule has 0 aliphatic heterocycles. The maximum absolute atomic E-state index is 11.5.